The highest BCUT2D eigenvalue weighted by Gasteiger charge is 2.19. The van der Waals surface area contributed by atoms with E-state index < -0.39 is 0 Å². The van der Waals surface area contributed by atoms with E-state index in [0.29, 0.717) is 26.1 Å². The van der Waals surface area contributed by atoms with Crippen LogP contribution in [-0.2, 0) is 14.3 Å². The Labute approximate surface area is 136 Å². The molecule has 0 aromatic rings. The van der Waals surface area contributed by atoms with Gasteiger partial charge in [-0.05, 0) is 25.7 Å². The van der Waals surface area contributed by atoms with Gasteiger partial charge < -0.3 is 20.3 Å². The molecule has 0 radical (unpaired) electrons. The van der Waals surface area contributed by atoms with Gasteiger partial charge in [0.25, 0.3) is 5.91 Å². The third-order valence-electron chi connectivity index (χ3n) is 4.05. The molecule has 2 amide bonds. The fraction of sp³-hybridized carbons (Fsp3) is 0.688. The van der Waals surface area contributed by atoms with Gasteiger partial charge in [0.15, 0.2) is 0 Å². The van der Waals surface area contributed by atoms with Crippen molar-refractivity contribution in [3.63, 3.8) is 0 Å². The predicted octanol–water partition coefficient (Wildman–Crippen LogP) is 0.291. The number of rotatable bonds is 8. The lowest BCUT2D eigenvalue weighted by molar-refractivity contribution is -0.127. The van der Waals surface area contributed by atoms with E-state index >= 15 is 0 Å². The molecule has 2 heterocycles. The summed E-state index contributed by atoms with van der Waals surface area (Å²) < 4.78 is 5.42. The van der Waals surface area contributed by atoms with Crippen LogP contribution < -0.4 is 10.6 Å². The van der Waals surface area contributed by atoms with E-state index in [-0.39, 0.29) is 23.5 Å². The summed E-state index contributed by atoms with van der Waals surface area (Å²) in [6.45, 7) is 3.35. The SMILES string of the molecule is N#C/C(=C/NCCCN1CCCC1=O)C(=O)NCC1CCCO1. The molecule has 0 saturated carbocycles. The molecule has 0 aliphatic carbocycles. The number of nitrogens with zero attached hydrogens (tertiary/aromatic N) is 2. The lowest BCUT2D eigenvalue weighted by atomic mass is 10.2. The van der Waals surface area contributed by atoms with Gasteiger partial charge in [-0.15, -0.1) is 0 Å². The molecule has 23 heavy (non-hydrogen) atoms. The molecule has 2 rings (SSSR count). The molecule has 2 N–H and O–H groups in total. The number of amides is 2. The summed E-state index contributed by atoms with van der Waals surface area (Å²) in [5.74, 6) is -0.169. The third kappa shape index (κ3) is 5.57. The highest BCUT2D eigenvalue weighted by molar-refractivity contribution is 5.97. The van der Waals surface area contributed by atoms with Crippen LogP contribution in [0.5, 0.6) is 0 Å². The molecular weight excluding hydrogens is 296 g/mol. The fourth-order valence-corrected chi connectivity index (χ4v) is 2.74. The van der Waals surface area contributed by atoms with Crippen LogP contribution in [-0.4, -0.2) is 55.6 Å². The zero-order chi connectivity index (χ0) is 16.5. The molecule has 2 saturated heterocycles. The normalized spacial score (nSPS) is 21.3. The van der Waals surface area contributed by atoms with Crippen LogP contribution in [0.3, 0.4) is 0 Å². The minimum Gasteiger partial charge on any atom is -0.390 e. The maximum atomic E-state index is 11.9. The van der Waals surface area contributed by atoms with Gasteiger partial charge in [0.1, 0.15) is 11.6 Å². The van der Waals surface area contributed by atoms with E-state index in [1.807, 2.05) is 11.0 Å². The van der Waals surface area contributed by atoms with E-state index in [1.54, 1.807) is 0 Å². The number of nitrogens with one attached hydrogen (secondary N) is 2. The Kier molecular flexibility index (Phi) is 6.88. The Morgan fingerprint density at radius 2 is 2.35 bits per heavy atom. The van der Waals surface area contributed by atoms with Crippen LogP contribution in [0.15, 0.2) is 11.8 Å². The second-order valence-electron chi connectivity index (χ2n) is 5.81. The van der Waals surface area contributed by atoms with Crippen molar-refractivity contribution in [2.45, 2.75) is 38.2 Å². The first kappa shape index (κ1) is 17.3. The van der Waals surface area contributed by atoms with Gasteiger partial charge in [0.05, 0.1) is 6.10 Å². The third-order valence-corrected chi connectivity index (χ3v) is 4.05. The Bertz CT molecular complexity index is 492. The van der Waals surface area contributed by atoms with Crippen molar-refractivity contribution in [1.29, 1.82) is 5.26 Å². The lowest BCUT2D eigenvalue weighted by Crippen LogP contribution is -2.33. The Morgan fingerprint density at radius 3 is 3.00 bits per heavy atom. The summed E-state index contributed by atoms with van der Waals surface area (Å²) in [4.78, 5) is 25.2. The molecule has 0 aromatic carbocycles. The molecule has 0 spiro atoms. The Hall–Kier alpha value is -2.07. The van der Waals surface area contributed by atoms with Gasteiger partial charge in [0, 0.05) is 45.4 Å². The van der Waals surface area contributed by atoms with Crippen molar-refractivity contribution >= 4 is 11.8 Å². The minimum atomic E-state index is -0.384. The molecule has 2 fully saturated rings. The van der Waals surface area contributed by atoms with Crippen molar-refractivity contribution in [1.82, 2.24) is 15.5 Å². The van der Waals surface area contributed by atoms with E-state index in [4.69, 9.17) is 10.00 Å². The Morgan fingerprint density at radius 1 is 1.48 bits per heavy atom. The average Bonchev–Trinajstić information content (AvgIpc) is 3.20. The summed E-state index contributed by atoms with van der Waals surface area (Å²) in [5.41, 5.74) is 0.0558. The molecule has 2 aliphatic rings. The van der Waals surface area contributed by atoms with Crippen molar-refractivity contribution < 1.29 is 14.3 Å². The monoisotopic (exact) mass is 320 g/mol. The molecule has 7 nitrogen and oxygen atoms in total. The summed E-state index contributed by atoms with van der Waals surface area (Å²) in [6.07, 6.45) is 5.84. The van der Waals surface area contributed by atoms with Crippen LogP contribution >= 0.6 is 0 Å². The summed E-state index contributed by atoms with van der Waals surface area (Å²) >= 11 is 0. The highest BCUT2D eigenvalue weighted by atomic mass is 16.5. The van der Waals surface area contributed by atoms with Gasteiger partial charge in [0.2, 0.25) is 5.91 Å². The zero-order valence-electron chi connectivity index (χ0n) is 13.3. The molecule has 0 aromatic heterocycles. The number of carbonyl (C=O) groups excluding carboxylic acids is 2. The standard InChI is InChI=1S/C16H24N4O3/c17-10-13(16(22)19-12-14-4-2-9-23-14)11-18-6-3-8-20-7-1-5-15(20)21/h11,14,18H,1-9,12H2,(H,19,22)/b13-11-. The maximum Gasteiger partial charge on any atom is 0.263 e. The molecular formula is C16H24N4O3. The van der Waals surface area contributed by atoms with Gasteiger partial charge in [-0.2, -0.15) is 5.26 Å². The predicted molar refractivity (Wildman–Crippen MR) is 84.1 cm³/mol. The highest BCUT2D eigenvalue weighted by Crippen LogP contribution is 2.11. The first-order valence-electron chi connectivity index (χ1n) is 8.22. The zero-order valence-corrected chi connectivity index (χ0v) is 13.3. The quantitative estimate of drug-likeness (QED) is 0.381. The van der Waals surface area contributed by atoms with Crippen molar-refractivity contribution in [3.8, 4) is 6.07 Å². The van der Waals surface area contributed by atoms with Crippen molar-refractivity contribution in [2.75, 3.05) is 32.8 Å². The number of likely N-dealkylation sites (tertiary alicyclic amines) is 1. The second kappa shape index (κ2) is 9.16. The molecule has 0 bridgehead atoms. The number of carbonyl (C=O) groups is 2. The first-order valence-corrected chi connectivity index (χ1v) is 8.22. The van der Waals surface area contributed by atoms with E-state index in [0.717, 1.165) is 38.8 Å². The topological polar surface area (TPSA) is 94.5 Å². The van der Waals surface area contributed by atoms with Crippen LogP contribution in [0.1, 0.15) is 32.1 Å². The minimum absolute atomic E-state index is 0.0558. The summed E-state index contributed by atoms with van der Waals surface area (Å²) in [5, 5.41) is 14.7. The molecule has 1 atom stereocenters. The van der Waals surface area contributed by atoms with Gasteiger partial charge in [-0.3, -0.25) is 9.59 Å². The smallest absolute Gasteiger partial charge is 0.263 e. The fourth-order valence-electron chi connectivity index (χ4n) is 2.74. The second-order valence-corrected chi connectivity index (χ2v) is 5.81. The molecule has 7 heteroatoms. The average molecular weight is 320 g/mol. The summed E-state index contributed by atoms with van der Waals surface area (Å²) in [6, 6.07) is 1.90. The number of ether oxygens (including phenoxy) is 1. The largest absolute Gasteiger partial charge is 0.390 e. The lowest BCUT2D eigenvalue weighted by Gasteiger charge is -2.15. The first-order chi connectivity index (χ1) is 11.2. The Balaban J connectivity index is 1.63. The summed E-state index contributed by atoms with van der Waals surface area (Å²) in [7, 11) is 0. The van der Waals surface area contributed by atoms with Gasteiger partial charge in [-0.25, -0.2) is 0 Å². The molecule has 2 aliphatic heterocycles. The van der Waals surface area contributed by atoms with Gasteiger partial charge >= 0.3 is 0 Å². The maximum absolute atomic E-state index is 11.9. The number of hydrogen-bond donors (Lipinski definition) is 2. The number of nitriles is 1. The van der Waals surface area contributed by atoms with Crippen molar-refractivity contribution in [2.24, 2.45) is 0 Å². The molecule has 126 valence electrons. The molecule has 1 unspecified atom stereocenters. The van der Waals surface area contributed by atoms with E-state index in [2.05, 4.69) is 10.6 Å². The number of hydrogen-bond acceptors (Lipinski definition) is 5. The van der Waals surface area contributed by atoms with Gasteiger partial charge in [-0.1, -0.05) is 0 Å². The van der Waals surface area contributed by atoms with Crippen LogP contribution in [0.4, 0.5) is 0 Å². The van der Waals surface area contributed by atoms with E-state index in [9.17, 15) is 9.59 Å². The van der Waals surface area contributed by atoms with Crippen LogP contribution in [0.25, 0.3) is 0 Å². The van der Waals surface area contributed by atoms with Crippen LogP contribution in [0, 0.1) is 11.3 Å². The van der Waals surface area contributed by atoms with E-state index in [1.165, 1.54) is 6.20 Å². The van der Waals surface area contributed by atoms with Crippen molar-refractivity contribution in [3.05, 3.63) is 11.8 Å². The van der Waals surface area contributed by atoms with Crippen LogP contribution in [0.2, 0.25) is 0 Å².